The number of fused-ring (bicyclic) bond motifs is 12. The van der Waals surface area contributed by atoms with Crippen molar-refractivity contribution in [2.24, 2.45) is 0 Å². The summed E-state index contributed by atoms with van der Waals surface area (Å²) < 4.78 is 16.9. The van der Waals surface area contributed by atoms with Gasteiger partial charge in [-0.15, -0.1) is 0 Å². The van der Waals surface area contributed by atoms with E-state index in [0.29, 0.717) is 0 Å². The van der Waals surface area contributed by atoms with E-state index in [2.05, 4.69) is 173 Å². The fourth-order valence-electron chi connectivity index (χ4n) is 9.29. The Bertz CT molecular complexity index is 3570. The van der Waals surface area contributed by atoms with Crippen molar-refractivity contribution in [3.8, 4) is 33.6 Å². The largest absolute Gasteiger partial charge is 0.456 e. The van der Waals surface area contributed by atoms with Gasteiger partial charge < -0.3 is 18.0 Å². The fraction of sp³-hybridized carbons (Fsp3) is 0. The van der Waals surface area contributed by atoms with Crippen molar-refractivity contribution in [3.05, 3.63) is 194 Å². The van der Waals surface area contributed by atoms with Crippen LogP contribution in [0.5, 0.6) is 0 Å². The van der Waals surface area contributed by atoms with Crippen molar-refractivity contribution in [2.45, 2.75) is 0 Å². The van der Waals surface area contributed by atoms with Gasteiger partial charge in [0.1, 0.15) is 16.7 Å². The van der Waals surface area contributed by atoms with E-state index < -0.39 is 0 Å². The lowest BCUT2D eigenvalue weighted by Gasteiger charge is -2.10. The molecule has 268 valence electrons. The zero-order valence-electron chi connectivity index (χ0n) is 31.0. The molecule has 0 atom stereocenters. The van der Waals surface area contributed by atoms with Crippen LogP contribution < -0.4 is 0 Å². The maximum Gasteiger partial charge on any atom is 0.185 e. The summed E-state index contributed by atoms with van der Waals surface area (Å²) >= 11 is 0. The smallest absolute Gasteiger partial charge is 0.185 e. The third-order valence-corrected chi connectivity index (χ3v) is 12.0. The lowest BCUT2D eigenvalue weighted by molar-refractivity contribution is 0.668. The molecule has 0 aliphatic rings. The van der Waals surface area contributed by atoms with Crippen LogP contribution in [0.1, 0.15) is 0 Å². The maximum atomic E-state index is 6.17. The number of benzene rings is 8. The van der Waals surface area contributed by atoms with Gasteiger partial charge in [-0.25, -0.2) is 0 Å². The molecule has 9 aromatic carbocycles. The molecule has 4 nitrogen and oxygen atoms in total. The van der Waals surface area contributed by atoms with Gasteiger partial charge in [0.2, 0.25) is 0 Å². The molecule has 0 unspecified atom stereocenters. The first-order valence-corrected chi connectivity index (χ1v) is 19.6. The molecule has 58 heavy (non-hydrogen) atoms. The molecule has 0 amide bonds. The number of nitrogens with zero attached hydrogens (tertiary/aromatic N) is 2. The van der Waals surface area contributed by atoms with E-state index in [0.717, 1.165) is 66.3 Å². The van der Waals surface area contributed by atoms with Crippen molar-refractivity contribution >= 4 is 87.5 Å². The molecule has 13 aromatic rings. The Hall–Kier alpha value is -8.00. The Morgan fingerprint density at radius 2 is 0.845 bits per heavy atom. The SMILES string of the molecule is c1c(-n2c3ccccc3c3cc(-c4cccc(-c5ccc6c(c5)c5ccccc5n6-c5ccc6oc7ccccc7c6c5)c4)ccc32)cc2c(c#1)oc1ccccc12. The highest BCUT2D eigenvalue weighted by Crippen LogP contribution is 2.40. The van der Waals surface area contributed by atoms with E-state index in [4.69, 9.17) is 8.83 Å². The second-order valence-corrected chi connectivity index (χ2v) is 15.1. The number of para-hydroxylation sites is 4. The number of hydrogen-bond donors (Lipinski definition) is 0. The second-order valence-electron chi connectivity index (χ2n) is 15.1. The zero-order valence-corrected chi connectivity index (χ0v) is 31.0. The van der Waals surface area contributed by atoms with E-state index >= 15 is 0 Å². The number of hydrogen-bond acceptors (Lipinski definition) is 2. The summed E-state index contributed by atoms with van der Waals surface area (Å²) in [6.45, 7) is 0. The summed E-state index contributed by atoms with van der Waals surface area (Å²) in [4.78, 5) is 0. The van der Waals surface area contributed by atoms with E-state index in [1.165, 1.54) is 54.8 Å². The first-order valence-electron chi connectivity index (χ1n) is 19.6. The summed E-state index contributed by atoms with van der Waals surface area (Å²) in [6, 6.07) is 71.8. The Morgan fingerprint density at radius 1 is 0.310 bits per heavy atom. The summed E-state index contributed by atoms with van der Waals surface area (Å²) in [5.41, 5.74) is 14.7. The number of rotatable bonds is 4. The van der Waals surface area contributed by atoms with Gasteiger partial charge in [0.05, 0.1) is 27.8 Å². The van der Waals surface area contributed by atoms with Gasteiger partial charge in [-0.3, -0.25) is 0 Å². The first kappa shape index (κ1) is 31.2. The highest BCUT2D eigenvalue weighted by atomic mass is 16.3. The van der Waals surface area contributed by atoms with Crippen LogP contribution in [0, 0.1) is 12.1 Å². The molecule has 0 saturated carbocycles. The van der Waals surface area contributed by atoms with Crippen LogP contribution in [0.15, 0.2) is 191 Å². The number of furan rings is 2. The summed E-state index contributed by atoms with van der Waals surface area (Å²) in [6.07, 6.45) is 0. The van der Waals surface area contributed by atoms with Gasteiger partial charge >= 0.3 is 0 Å². The lowest BCUT2D eigenvalue weighted by atomic mass is 9.97. The maximum absolute atomic E-state index is 6.17. The minimum absolute atomic E-state index is 0.721. The summed E-state index contributed by atoms with van der Waals surface area (Å²) in [5, 5.41) is 9.21. The van der Waals surface area contributed by atoms with Crippen LogP contribution in [-0.2, 0) is 0 Å². The molecule has 0 spiro atoms. The minimum Gasteiger partial charge on any atom is -0.456 e. The van der Waals surface area contributed by atoms with Crippen molar-refractivity contribution in [2.75, 3.05) is 0 Å². The molecule has 4 aromatic heterocycles. The lowest BCUT2D eigenvalue weighted by Crippen LogP contribution is -1.93. The molecule has 0 aliphatic heterocycles. The quantitative estimate of drug-likeness (QED) is 0.180. The van der Waals surface area contributed by atoms with E-state index in [1.807, 2.05) is 30.3 Å². The predicted molar refractivity (Wildman–Crippen MR) is 238 cm³/mol. The Labute approximate surface area is 332 Å². The van der Waals surface area contributed by atoms with Crippen LogP contribution in [-0.4, -0.2) is 9.13 Å². The monoisotopic (exact) mass is 738 g/mol. The molecule has 4 heterocycles. The third-order valence-electron chi connectivity index (χ3n) is 12.0. The van der Waals surface area contributed by atoms with Crippen LogP contribution >= 0.6 is 0 Å². The van der Waals surface area contributed by atoms with Crippen LogP contribution in [0.2, 0.25) is 0 Å². The van der Waals surface area contributed by atoms with E-state index in [9.17, 15) is 0 Å². The van der Waals surface area contributed by atoms with Gasteiger partial charge in [-0.2, -0.15) is 0 Å². The molecule has 0 N–H and O–H groups in total. The van der Waals surface area contributed by atoms with Crippen molar-refractivity contribution in [1.82, 2.24) is 9.13 Å². The summed E-state index contributed by atoms with van der Waals surface area (Å²) in [7, 11) is 0. The van der Waals surface area contributed by atoms with Gasteiger partial charge in [0, 0.05) is 48.8 Å². The first-order chi connectivity index (χ1) is 28.7. The Kier molecular flexibility index (Phi) is 6.33. The average molecular weight is 739 g/mol. The minimum atomic E-state index is 0.721. The fourth-order valence-corrected chi connectivity index (χ4v) is 9.29. The molecule has 13 rings (SSSR count). The van der Waals surface area contributed by atoms with Crippen molar-refractivity contribution in [1.29, 1.82) is 0 Å². The van der Waals surface area contributed by atoms with Gasteiger partial charge in [-0.1, -0.05) is 103 Å². The van der Waals surface area contributed by atoms with Gasteiger partial charge in [0.15, 0.2) is 5.58 Å². The summed E-state index contributed by atoms with van der Waals surface area (Å²) in [5.74, 6) is 0. The van der Waals surface area contributed by atoms with Crippen LogP contribution in [0.25, 0.3) is 121 Å². The third kappa shape index (κ3) is 4.47. The van der Waals surface area contributed by atoms with Crippen molar-refractivity contribution < 1.29 is 8.83 Å². The molecule has 0 bridgehead atoms. The Balaban J connectivity index is 0.923. The molecular weight excluding hydrogens is 709 g/mol. The molecule has 0 aliphatic carbocycles. The highest BCUT2D eigenvalue weighted by molar-refractivity contribution is 6.13. The van der Waals surface area contributed by atoms with Gasteiger partial charge in [-0.05, 0) is 113 Å². The van der Waals surface area contributed by atoms with Crippen LogP contribution in [0.4, 0.5) is 0 Å². The normalized spacial score (nSPS) is 12.0. The molecular formula is C54H30N2O2. The second kappa shape index (κ2) is 11.8. The molecule has 0 saturated heterocycles. The predicted octanol–water partition coefficient (Wildman–Crippen LogP) is 14.6. The van der Waals surface area contributed by atoms with Crippen LogP contribution in [0.3, 0.4) is 0 Å². The zero-order chi connectivity index (χ0) is 37.9. The number of aromatic nitrogens is 2. The molecule has 4 heteroatoms. The molecule has 0 fully saturated rings. The topological polar surface area (TPSA) is 36.1 Å². The molecule has 0 radical (unpaired) electrons. The van der Waals surface area contributed by atoms with E-state index in [1.54, 1.807) is 0 Å². The van der Waals surface area contributed by atoms with Crippen molar-refractivity contribution in [3.63, 3.8) is 0 Å². The average Bonchev–Trinajstić information content (AvgIpc) is 4.03. The van der Waals surface area contributed by atoms with E-state index in [-0.39, 0.29) is 0 Å². The highest BCUT2D eigenvalue weighted by Gasteiger charge is 2.18. The standard InChI is InChI=1S/C54H30N2O2/c1-5-16-47-39(12-1)43-29-35(20-24-49(43)55(47)37-22-26-53-45(31-37)41-14-3-7-18-51(41)57-53)33-10-9-11-34(28-33)36-21-25-50-44(30-36)40-13-2-6-17-48(40)56(50)38-23-27-54-46(32-38)42-15-4-8-19-52(42)58-54/h1-22,24-26,28-32H. The van der Waals surface area contributed by atoms with Gasteiger partial charge in [0.25, 0.3) is 0 Å². The Morgan fingerprint density at radius 3 is 1.55 bits per heavy atom.